The maximum Gasteiger partial charge on any atom is 0.0682 e. The highest BCUT2D eigenvalue weighted by Crippen LogP contribution is 2.30. The molecule has 3 heteroatoms. The molecule has 1 aromatic heterocycles. The van der Waals surface area contributed by atoms with Gasteiger partial charge in [-0.2, -0.15) is 0 Å². The van der Waals surface area contributed by atoms with Crippen LogP contribution >= 0.6 is 11.3 Å². The number of fused-ring (bicyclic) bond motifs is 1. The van der Waals surface area contributed by atoms with Gasteiger partial charge in [-0.05, 0) is 29.3 Å². The van der Waals surface area contributed by atoms with Crippen LogP contribution in [0.15, 0.2) is 29.6 Å². The molecule has 15 heavy (non-hydrogen) atoms. The van der Waals surface area contributed by atoms with Crippen LogP contribution in [0, 0.1) is 0 Å². The van der Waals surface area contributed by atoms with Gasteiger partial charge in [-0.1, -0.05) is 18.2 Å². The molecule has 1 heterocycles. The van der Waals surface area contributed by atoms with Crippen molar-refractivity contribution in [2.75, 3.05) is 13.7 Å². The molecule has 2 rings (SSSR count). The lowest BCUT2D eigenvalue weighted by molar-refractivity contribution is 0.142. The predicted molar refractivity (Wildman–Crippen MR) is 65.2 cm³/mol. The standard InChI is InChI=1S/C12H15NOS/c1-12(13,8-14-2)10-5-3-4-9-6-7-15-11(9)10/h3-7H,8,13H2,1-2H3. The number of ether oxygens (including phenoxy) is 1. The van der Waals surface area contributed by atoms with Crippen molar-refractivity contribution in [1.29, 1.82) is 0 Å². The van der Waals surface area contributed by atoms with Crippen molar-refractivity contribution in [3.8, 4) is 0 Å². The Morgan fingerprint density at radius 1 is 1.40 bits per heavy atom. The van der Waals surface area contributed by atoms with Gasteiger partial charge in [-0.25, -0.2) is 0 Å². The highest BCUT2D eigenvalue weighted by Gasteiger charge is 2.23. The van der Waals surface area contributed by atoms with E-state index in [2.05, 4.69) is 23.6 Å². The lowest BCUT2D eigenvalue weighted by Gasteiger charge is -2.24. The van der Waals surface area contributed by atoms with Crippen molar-refractivity contribution < 1.29 is 4.74 Å². The van der Waals surface area contributed by atoms with Gasteiger partial charge in [0, 0.05) is 11.8 Å². The summed E-state index contributed by atoms with van der Waals surface area (Å²) >= 11 is 1.73. The number of hydrogen-bond acceptors (Lipinski definition) is 3. The molecule has 0 spiro atoms. The van der Waals surface area contributed by atoms with Gasteiger partial charge in [0.15, 0.2) is 0 Å². The van der Waals surface area contributed by atoms with Crippen LogP contribution in [0.25, 0.3) is 10.1 Å². The van der Waals surface area contributed by atoms with Crippen LogP contribution in [0.1, 0.15) is 12.5 Å². The molecule has 0 aliphatic heterocycles. The van der Waals surface area contributed by atoms with Gasteiger partial charge in [0.25, 0.3) is 0 Å². The third-order valence-corrected chi connectivity index (χ3v) is 3.50. The normalized spacial score (nSPS) is 15.4. The van der Waals surface area contributed by atoms with Crippen molar-refractivity contribution in [2.45, 2.75) is 12.5 Å². The second kappa shape index (κ2) is 3.93. The number of rotatable bonds is 3. The number of hydrogen-bond donors (Lipinski definition) is 1. The molecule has 0 saturated heterocycles. The Hall–Kier alpha value is -0.900. The molecule has 0 saturated carbocycles. The van der Waals surface area contributed by atoms with Crippen LogP contribution in [0.5, 0.6) is 0 Å². The van der Waals surface area contributed by atoms with Crippen LogP contribution in [-0.4, -0.2) is 13.7 Å². The third-order valence-electron chi connectivity index (χ3n) is 2.54. The molecular formula is C12H15NOS. The van der Waals surface area contributed by atoms with Crippen molar-refractivity contribution in [3.05, 3.63) is 35.2 Å². The molecule has 1 atom stereocenters. The Labute approximate surface area is 93.7 Å². The molecular weight excluding hydrogens is 206 g/mol. The Morgan fingerprint density at radius 2 is 2.20 bits per heavy atom. The summed E-state index contributed by atoms with van der Waals surface area (Å²) in [6.45, 7) is 2.54. The summed E-state index contributed by atoms with van der Waals surface area (Å²) in [6, 6.07) is 8.35. The van der Waals surface area contributed by atoms with Gasteiger partial charge in [-0.3, -0.25) is 0 Å². The van der Waals surface area contributed by atoms with Gasteiger partial charge in [0.2, 0.25) is 0 Å². The Balaban J connectivity index is 2.55. The van der Waals surface area contributed by atoms with Crippen LogP contribution in [0.2, 0.25) is 0 Å². The summed E-state index contributed by atoms with van der Waals surface area (Å²) in [7, 11) is 1.68. The SMILES string of the molecule is COCC(C)(N)c1cccc2ccsc12. The largest absolute Gasteiger partial charge is 0.382 e. The number of nitrogens with two attached hydrogens (primary N) is 1. The monoisotopic (exact) mass is 221 g/mol. The van der Waals surface area contributed by atoms with Crippen molar-refractivity contribution in [1.82, 2.24) is 0 Å². The Morgan fingerprint density at radius 3 is 2.93 bits per heavy atom. The fraction of sp³-hybridized carbons (Fsp3) is 0.333. The molecule has 0 fully saturated rings. The third kappa shape index (κ3) is 1.91. The predicted octanol–water partition coefficient (Wildman–Crippen LogP) is 2.72. The fourth-order valence-corrected chi connectivity index (χ4v) is 2.87. The van der Waals surface area contributed by atoms with Crippen molar-refractivity contribution in [3.63, 3.8) is 0 Å². The molecule has 2 N–H and O–H groups in total. The number of thiophene rings is 1. The maximum atomic E-state index is 6.26. The quantitative estimate of drug-likeness (QED) is 0.865. The topological polar surface area (TPSA) is 35.2 Å². The van der Waals surface area contributed by atoms with Crippen LogP contribution < -0.4 is 5.73 Å². The molecule has 0 aliphatic rings. The summed E-state index contributed by atoms with van der Waals surface area (Å²) in [4.78, 5) is 0. The van der Waals surface area contributed by atoms with E-state index in [1.807, 2.05) is 13.0 Å². The van der Waals surface area contributed by atoms with Gasteiger partial charge >= 0.3 is 0 Å². The first-order valence-corrected chi connectivity index (χ1v) is 5.77. The highest BCUT2D eigenvalue weighted by molar-refractivity contribution is 7.17. The van der Waals surface area contributed by atoms with E-state index in [0.717, 1.165) is 5.56 Å². The summed E-state index contributed by atoms with van der Waals surface area (Å²) < 4.78 is 6.43. The van der Waals surface area contributed by atoms with Crippen LogP contribution in [0.4, 0.5) is 0 Å². The first-order chi connectivity index (χ1) is 7.15. The lowest BCUT2D eigenvalue weighted by atomic mass is 9.93. The van der Waals surface area contributed by atoms with Crippen molar-refractivity contribution in [2.24, 2.45) is 5.73 Å². The Kier molecular flexibility index (Phi) is 2.78. The summed E-state index contributed by atoms with van der Waals surface area (Å²) in [6.07, 6.45) is 0. The zero-order chi connectivity index (χ0) is 10.9. The van der Waals surface area contributed by atoms with E-state index in [0.29, 0.717) is 6.61 Å². The van der Waals surface area contributed by atoms with Gasteiger partial charge in [0.1, 0.15) is 0 Å². The molecule has 1 unspecified atom stereocenters. The molecule has 2 nitrogen and oxygen atoms in total. The molecule has 0 amide bonds. The van der Waals surface area contributed by atoms with E-state index in [-0.39, 0.29) is 0 Å². The Bertz CT molecular complexity index is 461. The van der Waals surface area contributed by atoms with E-state index in [9.17, 15) is 0 Å². The summed E-state index contributed by atoms with van der Waals surface area (Å²) in [5, 5.41) is 3.35. The average molecular weight is 221 g/mol. The fourth-order valence-electron chi connectivity index (χ4n) is 1.82. The average Bonchev–Trinajstić information content (AvgIpc) is 2.64. The number of benzene rings is 1. The lowest BCUT2D eigenvalue weighted by Crippen LogP contribution is -2.37. The zero-order valence-corrected chi connectivity index (χ0v) is 9.80. The second-order valence-electron chi connectivity index (χ2n) is 4.00. The minimum absolute atomic E-state index is 0.418. The molecule has 0 bridgehead atoms. The van der Waals surface area contributed by atoms with Crippen molar-refractivity contribution >= 4 is 21.4 Å². The molecule has 80 valence electrons. The molecule has 0 radical (unpaired) electrons. The van der Waals surface area contributed by atoms with E-state index in [1.54, 1.807) is 18.4 Å². The van der Waals surface area contributed by atoms with Gasteiger partial charge in [0.05, 0.1) is 12.1 Å². The molecule has 2 aromatic rings. The van der Waals surface area contributed by atoms with E-state index >= 15 is 0 Å². The molecule has 0 aliphatic carbocycles. The van der Waals surface area contributed by atoms with Crippen LogP contribution in [0.3, 0.4) is 0 Å². The minimum atomic E-state index is -0.418. The zero-order valence-electron chi connectivity index (χ0n) is 8.99. The summed E-state index contributed by atoms with van der Waals surface area (Å²) in [5.74, 6) is 0. The second-order valence-corrected chi connectivity index (χ2v) is 4.91. The van der Waals surface area contributed by atoms with Gasteiger partial charge < -0.3 is 10.5 Å². The highest BCUT2D eigenvalue weighted by atomic mass is 32.1. The first-order valence-electron chi connectivity index (χ1n) is 4.90. The van der Waals surface area contributed by atoms with E-state index in [1.165, 1.54) is 10.1 Å². The first kappa shape index (κ1) is 10.6. The minimum Gasteiger partial charge on any atom is -0.382 e. The summed E-state index contributed by atoms with van der Waals surface area (Å²) in [5.41, 5.74) is 7.00. The smallest absolute Gasteiger partial charge is 0.0682 e. The number of methoxy groups -OCH3 is 1. The van der Waals surface area contributed by atoms with Gasteiger partial charge in [-0.15, -0.1) is 11.3 Å². The van der Waals surface area contributed by atoms with Crippen LogP contribution in [-0.2, 0) is 10.3 Å². The van der Waals surface area contributed by atoms with E-state index in [4.69, 9.17) is 10.5 Å². The maximum absolute atomic E-state index is 6.26. The molecule has 1 aromatic carbocycles. The van der Waals surface area contributed by atoms with E-state index < -0.39 is 5.54 Å².